The highest BCUT2D eigenvalue weighted by molar-refractivity contribution is 8.00. The molecule has 0 bridgehead atoms. The summed E-state index contributed by atoms with van der Waals surface area (Å²) in [6.07, 6.45) is 3.13. The molecule has 1 aromatic heterocycles. The van der Waals surface area contributed by atoms with E-state index in [9.17, 15) is 18.0 Å². The summed E-state index contributed by atoms with van der Waals surface area (Å²) in [5.41, 5.74) is -2.95. The fourth-order valence-corrected chi connectivity index (χ4v) is 2.34. The molecule has 2 aromatic rings. The third-order valence-electron chi connectivity index (χ3n) is 2.69. The molecule has 1 heterocycles. The Labute approximate surface area is 122 Å². The van der Waals surface area contributed by atoms with Gasteiger partial charge in [0.25, 0.3) is 0 Å². The Balaban J connectivity index is 2.16. The monoisotopic (exact) mass is 313 g/mol. The van der Waals surface area contributed by atoms with Crippen molar-refractivity contribution in [3.63, 3.8) is 0 Å². The van der Waals surface area contributed by atoms with Crippen LogP contribution >= 0.6 is 11.8 Å². The molecular weight excluding hydrogens is 303 g/mol. The van der Waals surface area contributed by atoms with Gasteiger partial charge >= 0.3 is 11.5 Å². The number of pyridine rings is 1. The number of nitrogens with zero attached hydrogens (tertiary/aromatic N) is 1. The van der Waals surface area contributed by atoms with Gasteiger partial charge < -0.3 is 5.11 Å². The Kier molecular flexibility index (Phi) is 4.52. The number of carbonyl (C=O) groups is 1. The average molecular weight is 313 g/mol. The first-order valence-electron chi connectivity index (χ1n) is 5.86. The van der Waals surface area contributed by atoms with Crippen molar-refractivity contribution in [1.29, 1.82) is 0 Å². The van der Waals surface area contributed by atoms with Gasteiger partial charge in [0.05, 0.1) is 5.56 Å². The Morgan fingerprint density at radius 2 is 1.86 bits per heavy atom. The van der Waals surface area contributed by atoms with Crippen LogP contribution in [-0.4, -0.2) is 21.6 Å². The summed E-state index contributed by atoms with van der Waals surface area (Å²) >= 11 is -0.183. The second-order valence-corrected chi connectivity index (χ2v) is 5.34. The van der Waals surface area contributed by atoms with E-state index in [-0.39, 0.29) is 22.2 Å². The van der Waals surface area contributed by atoms with E-state index < -0.39 is 11.5 Å². The van der Waals surface area contributed by atoms with E-state index >= 15 is 0 Å². The van der Waals surface area contributed by atoms with Crippen molar-refractivity contribution in [3.05, 3.63) is 59.4 Å². The Morgan fingerprint density at radius 1 is 1.19 bits per heavy atom. The van der Waals surface area contributed by atoms with Crippen LogP contribution in [0, 0.1) is 0 Å². The zero-order chi connectivity index (χ0) is 15.5. The van der Waals surface area contributed by atoms with Crippen LogP contribution in [0.15, 0.2) is 47.6 Å². The molecule has 0 radical (unpaired) electrons. The van der Waals surface area contributed by atoms with Crippen LogP contribution in [0.1, 0.15) is 21.5 Å². The maximum absolute atomic E-state index is 12.2. The summed E-state index contributed by atoms with van der Waals surface area (Å²) in [5.74, 6) is -1.06. The summed E-state index contributed by atoms with van der Waals surface area (Å²) in [6.45, 7) is 0. The van der Waals surface area contributed by atoms with Gasteiger partial charge in [0, 0.05) is 17.3 Å². The number of aromatic nitrogens is 1. The first kappa shape index (κ1) is 15.4. The van der Waals surface area contributed by atoms with Crippen LogP contribution in [0.3, 0.4) is 0 Å². The quantitative estimate of drug-likeness (QED) is 0.867. The number of hydrogen-bond acceptors (Lipinski definition) is 3. The molecule has 1 aromatic carbocycles. The number of carboxylic acids is 1. The Hall–Kier alpha value is -2.02. The third kappa shape index (κ3) is 4.49. The lowest BCUT2D eigenvalue weighted by molar-refractivity contribution is -0.0328. The number of rotatable bonds is 4. The van der Waals surface area contributed by atoms with E-state index in [1.807, 2.05) is 0 Å². The van der Waals surface area contributed by atoms with E-state index in [0.29, 0.717) is 12.0 Å². The molecule has 2 rings (SSSR count). The zero-order valence-electron chi connectivity index (χ0n) is 10.6. The minimum Gasteiger partial charge on any atom is -0.478 e. The van der Waals surface area contributed by atoms with Gasteiger partial charge in [-0.25, -0.2) is 4.79 Å². The summed E-state index contributed by atoms with van der Waals surface area (Å²) < 4.78 is 36.7. The minimum absolute atomic E-state index is 0.0934. The summed E-state index contributed by atoms with van der Waals surface area (Å²) in [5, 5.41) is 9.06. The number of halogens is 3. The van der Waals surface area contributed by atoms with E-state index in [0.717, 1.165) is 5.56 Å². The maximum Gasteiger partial charge on any atom is 0.446 e. The van der Waals surface area contributed by atoms with Gasteiger partial charge in [-0.15, -0.1) is 0 Å². The summed E-state index contributed by atoms with van der Waals surface area (Å²) in [7, 11) is 0. The van der Waals surface area contributed by atoms with Crippen LogP contribution in [0.25, 0.3) is 0 Å². The number of thioether (sulfide) groups is 1. The molecule has 0 aliphatic carbocycles. The van der Waals surface area contributed by atoms with Crippen LogP contribution in [0.2, 0.25) is 0 Å². The van der Waals surface area contributed by atoms with E-state index in [2.05, 4.69) is 4.98 Å². The third-order valence-corrected chi connectivity index (χ3v) is 3.42. The van der Waals surface area contributed by atoms with E-state index in [1.165, 1.54) is 30.6 Å². The molecule has 0 unspecified atom stereocenters. The molecule has 110 valence electrons. The van der Waals surface area contributed by atoms with Gasteiger partial charge in [-0.3, -0.25) is 4.98 Å². The molecule has 0 spiro atoms. The van der Waals surface area contributed by atoms with Crippen LogP contribution in [0.5, 0.6) is 0 Å². The largest absolute Gasteiger partial charge is 0.478 e. The lowest BCUT2D eigenvalue weighted by atomic mass is 10.0. The molecule has 21 heavy (non-hydrogen) atoms. The molecule has 0 fully saturated rings. The van der Waals surface area contributed by atoms with Gasteiger partial charge in [-0.2, -0.15) is 13.2 Å². The number of benzene rings is 1. The number of hydrogen-bond donors (Lipinski definition) is 1. The van der Waals surface area contributed by atoms with Crippen molar-refractivity contribution < 1.29 is 23.1 Å². The highest BCUT2D eigenvalue weighted by Gasteiger charge is 2.29. The highest BCUT2D eigenvalue weighted by atomic mass is 32.2. The number of aromatic carboxylic acids is 1. The highest BCUT2D eigenvalue weighted by Crippen LogP contribution is 2.36. The van der Waals surface area contributed by atoms with Gasteiger partial charge in [0.15, 0.2) is 0 Å². The van der Waals surface area contributed by atoms with Crippen molar-refractivity contribution in [2.24, 2.45) is 0 Å². The Bertz CT molecular complexity index is 641. The standard InChI is InChI=1S/C14H10F3NO2S/c15-14(16,17)21-11-3-1-9(2-4-11)7-10-8-18-6-5-12(10)13(19)20/h1-6,8H,7H2,(H,19,20). The van der Waals surface area contributed by atoms with Crippen LogP contribution in [-0.2, 0) is 6.42 Å². The topological polar surface area (TPSA) is 50.2 Å². The van der Waals surface area contributed by atoms with Gasteiger partial charge in [-0.05, 0) is 47.5 Å². The molecule has 7 heteroatoms. The molecule has 0 saturated heterocycles. The van der Waals surface area contributed by atoms with E-state index in [1.54, 1.807) is 12.1 Å². The molecule has 3 nitrogen and oxygen atoms in total. The predicted octanol–water partition coefficient (Wildman–Crippen LogP) is 3.98. The first-order valence-corrected chi connectivity index (χ1v) is 6.67. The lowest BCUT2D eigenvalue weighted by Crippen LogP contribution is -2.03. The summed E-state index contributed by atoms with van der Waals surface area (Å²) in [6, 6.07) is 7.22. The Morgan fingerprint density at radius 3 is 2.43 bits per heavy atom. The molecule has 0 amide bonds. The average Bonchev–Trinajstić information content (AvgIpc) is 2.40. The molecule has 0 atom stereocenters. The van der Waals surface area contributed by atoms with Gasteiger partial charge in [-0.1, -0.05) is 12.1 Å². The maximum atomic E-state index is 12.2. The first-order chi connectivity index (χ1) is 9.85. The fourth-order valence-electron chi connectivity index (χ4n) is 1.81. The molecular formula is C14H10F3NO2S. The van der Waals surface area contributed by atoms with Crippen molar-refractivity contribution in [3.8, 4) is 0 Å². The number of carboxylic acid groups (broad SMARTS) is 1. The van der Waals surface area contributed by atoms with Gasteiger partial charge in [0.1, 0.15) is 0 Å². The molecule has 1 N–H and O–H groups in total. The summed E-state index contributed by atoms with van der Waals surface area (Å²) in [4.78, 5) is 15.0. The van der Waals surface area contributed by atoms with Crippen molar-refractivity contribution in [2.45, 2.75) is 16.8 Å². The molecule has 0 aliphatic heterocycles. The van der Waals surface area contributed by atoms with Gasteiger partial charge in [0.2, 0.25) is 0 Å². The van der Waals surface area contributed by atoms with Crippen LogP contribution < -0.4 is 0 Å². The SMILES string of the molecule is O=C(O)c1ccncc1Cc1ccc(SC(F)(F)F)cc1. The minimum atomic E-state index is -4.32. The number of alkyl halides is 3. The smallest absolute Gasteiger partial charge is 0.446 e. The predicted molar refractivity (Wildman–Crippen MR) is 72.4 cm³/mol. The van der Waals surface area contributed by atoms with Crippen molar-refractivity contribution in [2.75, 3.05) is 0 Å². The second kappa shape index (κ2) is 6.17. The van der Waals surface area contributed by atoms with Crippen molar-refractivity contribution >= 4 is 17.7 Å². The normalized spacial score (nSPS) is 11.4. The van der Waals surface area contributed by atoms with E-state index in [4.69, 9.17) is 5.11 Å². The molecule has 0 aliphatic rings. The lowest BCUT2D eigenvalue weighted by Gasteiger charge is -2.08. The van der Waals surface area contributed by atoms with Crippen molar-refractivity contribution in [1.82, 2.24) is 4.98 Å². The fraction of sp³-hybridized carbons (Fsp3) is 0.143. The molecule has 0 saturated carbocycles. The second-order valence-electron chi connectivity index (χ2n) is 4.21. The zero-order valence-corrected chi connectivity index (χ0v) is 11.4. The van der Waals surface area contributed by atoms with Crippen LogP contribution in [0.4, 0.5) is 13.2 Å².